The van der Waals surface area contributed by atoms with Gasteiger partial charge in [-0.1, -0.05) is 48.0 Å². The Morgan fingerprint density at radius 3 is 2.24 bits per heavy atom. The molecule has 3 atom stereocenters. The van der Waals surface area contributed by atoms with Crippen molar-refractivity contribution in [3.05, 3.63) is 93.6 Å². The molecular weight excluding hydrogens is 710 g/mol. The topological polar surface area (TPSA) is 165 Å². The molecule has 4 heterocycles. The molecular formula is C40H44ClN7O6. The van der Waals surface area contributed by atoms with Gasteiger partial charge in [0.25, 0.3) is 5.91 Å². The van der Waals surface area contributed by atoms with Gasteiger partial charge in [-0.15, -0.1) is 0 Å². The summed E-state index contributed by atoms with van der Waals surface area (Å²) in [6, 6.07) is 17.3. The first-order valence-electron chi connectivity index (χ1n) is 18.2. The summed E-state index contributed by atoms with van der Waals surface area (Å²) in [5, 5.41) is 15.9. The van der Waals surface area contributed by atoms with Crippen molar-refractivity contribution in [1.82, 2.24) is 31.2 Å². The summed E-state index contributed by atoms with van der Waals surface area (Å²) in [7, 11) is 3.13. The number of hydrogen-bond donors (Lipinski definition) is 5. The smallest absolute Gasteiger partial charge is 0.260 e. The molecule has 5 N–H and O–H groups in total. The van der Waals surface area contributed by atoms with Gasteiger partial charge < -0.3 is 40.8 Å². The third-order valence-corrected chi connectivity index (χ3v) is 10.3. The van der Waals surface area contributed by atoms with E-state index in [2.05, 4.69) is 36.6 Å². The van der Waals surface area contributed by atoms with E-state index in [0.29, 0.717) is 73.5 Å². The van der Waals surface area contributed by atoms with Crippen molar-refractivity contribution in [3.63, 3.8) is 0 Å². The van der Waals surface area contributed by atoms with Crippen molar-refractivity contribution in [2.75, 3.05) is 32.6 Å². The zero-order valence-corrected chi connectivity index (χ0v) is 31.1. The molecule has 3 amide bonds. The molecule has 2 aliphatic heterocycles. The van der Waals surface area contributed by atoms with E-state index >= 15 is 0 Å². The minimum atomic E-state index is -0.337. The highest BCUT2D eigenvalue weighted by Gasteiger charge is 2.30. The van der Waals surface area contributed by atoms with Crippen LogP contribution in [0.2, 0.25) is 5.02 Å². The van der Waals surface area contributed by atoms with Crippen LogP contribution in [-0.2, 0) is 29.1 Å². The SMILES string of the molecule is COc1nc(O[C@H]2CCc3c(-c4cccc(C(=O)Nc5ccc(CNC[C@@H]6CCC(=O)N6)cn5)c4OC)cccc32)c(Cl)cc1CNC[C@@H]1CCC(=O)N1. The first-order chi connectivity index (χ1) is 26.3. The minimum Gasteiger partial charge on any atom is -0.495 e. The van der Waals surface area contributed by atoms with Gasteiger partial charge in [0.1, 0.15) is 22.7 Å². The average molecular weight is 754 g/mol. The summed E-state index contributed by atoms with van der Waals surface area (Å²) in [6.45, 7) is 2.40. The van der Waals surface area contributed by atoms with Gasteiger partial charge in [0.15, 0.2) is 0 Å². The first-order valence-corrected chi connectivity index (χ1v) is 18.6. The van der Waals surface area contributed by atoms with Gasteiger partial charge in [-0.05, 0) is 66.1 Å². The molecule has 54 heavy (non-hydrogen) atoms. The summed E-state index contributed by atoms with van der Waals surface area (Å²) in [5.41, 5.74) is 6.00. The Bertz CT molecular complexity index is 2030. The van der Waals surface area contributed by atoms with Gasteiger partial charge in [-0.2, -0.15) is 4.98 Å². The van der Waals surface area contributed by atoms with E-state index in [4.69, 9.17) is 25.8 Å². The molecule has 4 aromatic rings. The quantitative estimate of drug-likeness (QED) is 0.113. The van der Waals surface area contributed by atoms with Crippen LogP contribution in [0.15, 0.2) is 60.8 Å². The molecule has 2 fully saturated rings. The van der Waals surface area contributed by atoms with Crippen LogP contribution in [0.3, 0.4) is 0 Å². The lowest BCUT2D eigenvalue weighted by molar-refractivity contribution is -0.120. The van der Waals surface area contributed by atoms with E-state index in [1.165, 1.54) is 0 Å². The maximum absolute atomic E-state index is 13.6. The van der Waals surface area contributed by atoms with Crippen molar-refractivity contribution in [2.24, 2.45) is 0 Å². The molecule has 2 saturated heterocycles. The number of benzene rings is 2. The summed E-state index contributed by atoms with van der Waals surface area (Å²) in [5.74, 6) is 1.43. The first kappa shape index (κ1) is 37.1. The fourth-order valence-corrected chi connectivity index (χ4v) is 7.59. The van der Waals surface area contributed by atoms with Gasteiger partial charge in [-0.25, -0.2) is 4.98 Å². The average Bonchev–Trinajstić information content (AvgIpc) is 3.92. The molecule has 0 spiro atoms. The van der Waals surface area contributed by atoms with E-state index in [9.17, 15) is 14.4 Å². The highest BCUT2D eigenvalue weighted by atomic mass is 35.5. The second-order valence-corrected chi connectivity index (χ2v) is 14.1. The number of aromatic nitrogens is 2. The molecule has 0 bridgehead atoms. The number of anilines is 1. The number of pyridine rings is 2. The number of ether oxygens (including phenoxy) is 3. The Hall–Kier alpha value is -5.24. The largest absolute Gasteiger partial charge is 0.495 e. The van der Waals surface area contributed by atoms with Crippen LogP contribution >= 0.6 is 11.6 Å². The predicted octanol–water partition coefficient (Wildman–Crippen LogP) is 4.87. The third-order valence-electron chi connectivity index (χ3n) is 10.1. The number of carbonyl (C=O) groups excluding carboxylic acids is 3. The predicted molar refractivity (Wildman–Crippen MR) is 204 cm³/mol. The second-order valence-electron chi connectivity index (χ2n) is 13.7. The molecule has 13 nitrogen and oxygen atoms in total. The number of fused-ring (bicyclic) bond motifs is 1. The van der Waals surface area contributed by atoms with Gasteiger partial charge in [0.2, 0.25) is 23.6 Å². The van der Waals surface area contributed by atoms with Gasteiger partial charge in [0, 0.05) is 68.4 Å². The van der Waals surface area contributed by atoms with Crippen LogP contribution in [0.5, 0.6) is 17.5 Å². The van der Waals surface area contributed by atoms with Crippen molar-refractivity contribution in [3.8, 4) is 28.6 Å². The van der Waals surface area contributed by atoms with Crippen LogP contribution in [0, 0.1) is 0 Å². The van der Waals surface area contributed by atoms with Crippen molar-refractivity contribution >= 4 is 35.1 Å². The number of rotatable bonds is 15. The molecule has 3 aliphatic rings. The van der Waals surface area contributed by atoms with Crippen LogP contribution in [-0.4, -0.2) is 67.1 Å². The van der Waals surface area contributed by atoms with Crippen molar-refractivity contribution < 1.29 is 28.6 Å². The Kier molecular flexibility index (Phi) is 11.6. The number of halogens is 1. The minimum absolute atomic E-state index is 0.0801. The van der Waals surface area contributed by atoms with E-state index in [1.807, 2.05) is 36.4 Å². The Labute approximate surface area is 318 Å². The molecule has 282 valence electrons. The normalized spacial score (nSPS) is 18.9. The molecule has 2 aromatic carbocycles. The van der Waals surface area contributed by atoms with Gasteiger partial charge in [-0.3, -0.25) is 14.4 Å². The van der Waals surface area contributed by atoms with Crippen molar-refractivity contribution in [1.29, 1.82) is 0 Å². The summed E-state index contributed by atoms with van der Waals surface area (Å²) < 4.78 is 17.9. The number of amides is 3. The van der Waals surface area contributed by atoms with Gasteiger partial charge >= 0.3 is 0 Å². The highest BCUT2D eigenvalue weighted by Crippen LogP contribution is 2.44. The maximum atomic E-state index is 13.6. The Morgan fingerprint density at radius 2 is 1.57 bits per heavy atom. The van der Waals surface area contributed by atoms with E-state index in [1.54, 1.807) is 38.6 Å². The standard InChI is InChI=1S/C40H44ClN7O6/c1-52-37-30(7-4-8-31(37)38(51)47-34-14-9-23(19-44-34)18-42-21-25-10-15-35(49)45-25)27-5-3-6-29-28(27)12-13-33(29)54-40-32(41)17-24(39(48-40)53-2)20-43-22-26-11-16-36(50)46-26/h3-9,14,17,19,25-26,33,42-43H,10-13,15-16,18,20-22H2,1-2H3,(H,45,49)(H,46,50)(H,44,47,51)/t25-,26-,33-/m0/s1. The number of nitrogens with one attached hydrogen (secondary N) is 5. The van der Waals surface area contributed by atoms with Crippen LogP contribution in [0.25, 0.3) is 11.1 Å². The highest BCUT2D eigenvalue weighted by molar-refractivity contribution is 6.31. The molecule has 0 radical (unpaired) electrons. The Balaban J connectivity index is 1.02. The van der Waals surface area contributed by atoms with Crippen LogP contribution < -0.4 is 40.8 Å². The maximum Gasteiger partial charge on any atom is 0.260 e. The number of nitrogens with zero attached hydrogens (tertiary/aromatic N) is 2. The number of carbonyl (C=O) groups is 3. The summed E-state index contributed by atoms with van der Waals surface area (Å²) in [4.78, 5) is 45.6. The fourth-order valence-electron chi connectivity index (χ4n) is 7.37. The van der Waals surface area contributed by atoms with Crippen LogP contribution in [0.1, 0.15) is 70.8 Å². The molecule has 14 heteroatoms. The fraction of sp³-hybridized carbons (Fsp3) is 0.375. The zero-order chi connectivity index (χ0) is 37.6. The van der Waals surface area contributed by atoms with Crippen molar-refractivity contribution in [2.45, 2.75) is 69.8 Å². The number of hydrogen-bond acceptors (Lipinski definition) is 10. The lowest BCUT2D eigenvalue weighted by atomic mass is 9.94. The third kappa shape index (κ3) is 8.43. The number of para-hydroxylation sites is 1. The summed E-state index contributed by atoms with van der Waals surface area (Å²) >= 11 is 6.71. The van der Waals surface area contributed by atoms with E-state index in [-0.39, 0.29) is 41.8 Å². The zero-order valence-electron chi connectivity index (χ0n) is 30.3. The lowest BCUT2D eigenvalue weighted by Crippen LogP contribution is -2.35. The second kappa shape index (κ2) is 16.8. The monoisotopic (exact) mass is 753 g/mol. The van der Waals surface area contributed by atoms with Gasteiger partial charge in [0.05, 0.1) is 19.8 Å². The Morgan fingerprint density at radius 1 is 0.852 bits per heavy atom. The van der Waals surface area contributed by atoms with Crippen LogP contribution in [0.4, 0.5) is 5.82 Å². The van der Waals surface area contributed by atoms with E-state index < -0.39 is 0 Å². The molecule has 2 aromatic heterocycles. The molecule has 1 aliphatic carbocycles. The molecule has 0 unspecified atom stereocenters. The van der Waals surface area contributed by atoms with E-state index in [0.717, 1.165) is 52.6 Å². The molecule has 7 rings (SSSR count). The lowest BCUT2D eigenvalue weighted by Gasteiger charge is -2.19. The molecule has 0 saturated carbocycles. The summed E-state index contributed by atoms with van der Waals surface area (Å²) in [6.07, 6.45) is 5.65. The number of methoxy groups -OCH3 is 2.